The molecule has 3 heterocycles. The molecule has 3 aliphatic rings. The van der Waals surface area contributed by atoms with Gasteiger partial charge < -0.3 is 9.80 Å². The zero-order valence-corrected chi connectivity index (χ0v) is 18.0. The molecule has 0 radical (unpaired) electrons. The Labute approximate surface area is 175 Å². The van der Waals surface area contributed by atoms with Gasteiger partial charge in [0, 0.05) is 26.2 Å². The van der Waals surface area contributed by atoms with Crippen LogP contribution in [0.4, 0.5) is 0 Å². The number of nitrogens with zero attached hydrogens (tertiary/aromatic N) is 3. The van der Waals surface area contributed by atoms with Crippen molar-refractivity contribution in [2.45, 2.75) is 57.9 Å². The molecule has 1 aromatic carbocycles. The second-order valence-electron chi connectivity index (χ2n) is 9.37. The molecule has 3 aliphatic heterocycles. The molecule has 5 nitrogen and oxygen atoms in total. The number of benzene rings is 1. The number of piperidine rings is 2. The van der Waals surface area contributed by atoms with Crippen molar-refractivity contribution >= 4 is 11.8 Å². The van der Waals surface area contributed by atoms with Gasteiger partial charge >= 0.3 is 0 Å². The van der Waals surface area contributed by atoms with Crippen molar-refractivity contribution in [2.24, 2.45) is 5.41 Å². The van der Waals surface area contributed by atoms with Gasteiger partial charge in [0.25, 0.3) is 0 Å². The Morgan fingerprint density at radius 1 is 0.931 bits per heavy atom. The molecule has 1 spiro atoms. The van der Waals surface area contributed by atoms with Gasteiger partial charge in [-0.05, 0) is 75.6 Å². The summed E-state index contributed by atoms with van der Waals surface area (Å²) in [5, 5.41) is 0. The minimum atomic E-state index is -0.0111. The maximum atomic E-state index is 13.4. The molecular formula is C24H35N3O2. The van der Waals surface area contributed by atoms with Crippen LogP contribution < -0.4 is 0 Å². The Bertz CT molecular complexity index is 748. The van der Waals surface area contributed by atoms with Crippen molar-refractivity contribution in [3.8, 4) is 0 Å². The van der Waals surface area contributed by atoms with E-state index in [0.717, 1.165) is 76.8 Å². The third-order valence-electron chi connectivity index (χ3n) is 7.57. The predicted octanol–water partition coefficient (Wildman–Crippen LogP) is 2.86. The molecule has 1 unspecified atom stereocenters. The average Bonchev–Trinajstić information content (AvgIpc) is 3.25. The number of hydrogen-bond acceptors (Lipinski definition) is 3. The number of carbonyl (C=O) groups excluding carboxylic acids is 2. The van der Waals surface area contributed by atoms with Crippen LogP contribution in [0.25, 0.3) is 0 Å². The van der Waals surface area contributed by atoms with Crippen LogP contribution in [0.5, 0.6) is 0 Å². The van der Waals surface area contributed by atoms with E-state index < -0.39 is 0 Å². The van der Waals surface area contributed by atoms with Gasteiger partial charge in [-0.1, -0.05) is 24.3 Å². The number of hydrogen-bond donors (Lipinski definition) is 0. The smallest absolute Gasteiger partial charge is 0.240 e. The molecule has 1 aromatic rings. The van der Waals surface area contributed by atoms with Crippen LogP contribution in [-0.4, -0.2) is 72.3 Å². The molecule has 3 fully saturated rings. The number of likely N-dealkylation sites (tertiary alicyclic amines) is 3. The molecule has 0 N–H and O–H groups in total. The SMILES string of the molecule is Cc1ccccc1CC(=O)N1CCC2(CCCN(C)C2C(=O)N2CCCC2)CC1. The van der Waals surface area contributed by atoms with Gasteiger partial charge in [0.05, 0.1) is 12.5 Å². The van der Waals surface area contributed by atoms with Gasteiger partial charge in [-0.2, -0.15) is 0 Å². The van der Waals surface area contributed by atoms with Crippen LogP contribution in [0, 0.1) is 12.3 Å². The summed E-state index contributed by atoms with van der Waals surface area (Å²) in [4.78, 5) is 32.7. The van der Waals surface area contributed by atoms with Crippen LogP contribution in [0.2, 0.25) is 0 Å². The van der Waals surface area contributed by atoms with E-state index in [1.807, 2.05) is 17.0 Å². The Morgan fingerprint density at radius 3 is 2.31 bits per heavy atom. The first-order valence-electron chi connectivity index (χ1n) is 11.3. The zero-order valence-electron chi connectivity index (χ0n) is 18.0. The van der Waals surface area contributed by atoms with E-state index in [9.17, 15) is 9.59 Å². The lowest BCUT2D eigenvalue weighted by Crippen LogP contribution is -2.61. The van der Waals surface area contributed by atoms with Crippen LogP contribution in [-0.2, 0) is 16.0 Å². The van der Waals surface area contributed by atoms with E-state index in [1.165, 1.54) is 5.56 Å². The van der Waals surface area contributed by atoms with Crippen molar-refractivity contribution in [3.05, 3.63) is 35.4 Å². The highest BCUT2D eigenvalue weighted by Gasteiger charge is 2.50. The summed E-state index contributed by atoms with van der Waals surface area (Å²) in [5.74, 6) is 0.560. The van der Waals surface area contributed by atoms with Gasteiger partial charge in [0.2, 0.25) is 11.8 Å². The molecule has 2 amide bonds. The molecule has 0 saturated carbocycles. The van der Waals surface area contributed by atoms with Crippen molar-refractivity contribution in [2.75, 3.05) is 39.8 Å². The Kier molecular flexibility index (Phi) is 5.95. The lowest BCUT2D eigenvalue weighted by atomic mass is 9.66. The predicted molar refractivity (Wildman–Crippen MR) is 115 cm³/mol. The summed E-state index contributed by atoms with van der Waals surface area (Å²) >= 11 is 0. The standard InChI is InChI=1S/C24H35N3O2/c1-19-8-3-4-9-20(19)18-21(28)26-16-11-24(12-17-26)10-7-13-25(2)22(24)23(29)27-14-5-6-15-27/h3-4,8-9,22H,5-7,10-18H2,1-2H3. The van der Waals surface area contributed by atoms with Crippen molar-refractivity contribution in [3.63, 3.8) is 0 Å². The molecule has 4 rings (SSSR count). The summed E-state index contributed by atoms with van der Waals surface area (Å²) in [7, 11) is 2.12. The first-order chi connectivity index (χ1) is 14.0. The number of amides is 2. The van der Waals surface area contributed by atoms with Crippen LogP contribution in [0.15, 0.2) is 24.3 Å². The van der Waals surface area contributed by atoms with E-state index >= 15 is 0 Å². The molecule has 0 aliphatic carbocycles. The summed E-state index contributed by atoms with van der Waals surface area (Å²) in [6.45, 7) is 6.47. The topological polar surface area (TPSA) is 43.9 Å². The normalized spacial score (nSPS) is 24.8. The number of carbonyl (C=O) groups is 2. The van der Waals surface area contributed by atoms with E-state index in [0.29, 0.717) is 12.3 Å². The van der Waals surface area contributed by atoms with E-state index in [1.54, 1.807) is 0 Å². The lowest BCUT2D eigenvalue weighted by molar-refractivity contribution is -0.147. The molecular weight excluding hydrogens is 362 g/mol. The lowest BCUT2D eigenvalue weighted by Gasteiger charge is -2.52. The molecule has 5 heteroatoms. The number of likely N-dealkylation sites (N-methyl/N-ethyl adjacent to an activating group) is 1. The second kappa shape index (κ2) is 8.47. The number of aryl methyl sites for hydroxylation is 1. The summed E-state index contributed by atoms with van der Waals surface area (Å²) < 4.78 is 0. The van der Waals surface area contributed by atoms with Gasteiger partial charge in [-0.15, -0.1) is 0 Å². The highest BCUT2D eigenvalue weighted by Crippen LogP contribution is 2.45. The zero-order chi connectivity index (χ0) is 20.4. The fraction of sp³-hybridized carbons (Fsp3) is 0.667. The largest absolute Gasteiger partial charge is 0.342 e. The summed E-state index contributed by atoms with van der Waals surface area (Å²) in [6.07, 6.45) is 6.91. The summed E-state index contributed by atoms with van der Waals surface area (Å²) in [6, 6.07) is 8.14. The quantitative estimate of drug-likeness (QED) is 0.788. The first kappa shape index (κ1) is 20.4. The summed E-state index contributed by atoms with van der Waals surface area (Å²) in [5.41, 5.74) is 2.34. The minimum absolute atomic E-state index is 0.0111. The highest BCUT2D eigenvalue weighted by molar-refractivity contribution is 5.83. The van der Waals surface area contributed by atoms with Crippen LogP contribution in [0.1, 0.15) is 49.7 Å². The minimum Gasteiger partial charge on any atom is -0.342 e. The third-order valence-corrected chi connectivity index (χ3v) is 7.57. The Balaban J connectivity index is 1.43. The van der Waals surface area contributed by atoms with Gasteiger partial charge in [0.15, 0.2) is 0 Å². The Morgan fingerprint density at radius 2 is 1.62 bits per heavy atom. The fourth-order valence-corrected chi connectivity index (χ4v) is 5.78. The Hall–Kier alpha value is -1.88. The molecule has 158 valence electrons. The average molecular weight is 398 g/mol. The van der Waals surface area contributed by atoms with Crippen molar-refractivity contribution < 1.29 is 9.59 Å². The maximum absolute atomic E-state index is 13.4. The molecule has 0 bridgehead atoms. The molecule has 0 aromatic heterocycles. The van der Waals surface area contributed by atoms with Gasteiger partial charge in [-0.25, -0.2) is 0 Å². The first-order valence-corrected chi connectivity index (χ1v) is 11.3. The van der Waals surface area contributed by atoms with E-state index in [4.69, 9.17) is 0 Å². The third kappa shape index (κ3) is 4.07. The number of rotatable bonds is 3. The molecule has 3 saturated heterocycles. The van der Waals surface area contributed by atoms with Crippen molar-refractivity contribution in [1.82, 2.24) is 14.7 Å². The second-order valence-corrected chi connectivity index (χ2v) is 9.37. The van der Waals surface area contributed by atoms with Crippen LogP contribution in [0.3, 0.4) is 0 Å². The maximum Gasteiger partial charge on any atom is 0.240 e. The van der Waals surface area contributed by atoms with Crippen molar-refractivity contribution in [1.29, 1.82) is 0 Å². The highest BCUT2D eigenvalue weighted by atomic mass is 16.2. The van der Waals surface area contributed by atoms with E-state index in [2.05, 4.69) is 35.9 Å². The monoisotopic (exact) mass is 397 g/mol. The van der Waals surface area contributed by atoms with E-state index in [-0.39, 0.29) is 17.4 Å². The van der Waals surface area contributed by atoms with Gasteiger partial charge in [-0.3, -0.25) is 14.5 Å². The fourth-order valence-electron chi connectivity index (χ4n) is 5.78. The molecule has 29 heavy (non-hydrogen) atoms. The van der Waals surface area contributed by atoms with Crippen LogP contribution >= 0.6 is 0 Å². The van der Waals surface area contributed by atoms with Gasteiger partial charge in [0.1, 0.15) is 0 Å². The molecule has 1 atom stereocenters.